The van der Waals surface area contributed by atoms with Crippen molar-refractivity contribution in [2.24, 2.45) is 0 Å². The fraction of sp³-hybridized carbons (Fsp3) is 0. The van der Waals surface area contributed by atoms with E-state index in [0.29, 0.717) is 5.13 Å². The first-order valence-electron chi connectivity index (χ1n) is 2.89. The van der Waals surface area contributed by atoms with Gasteiger partial charge in [-0.1, -0.05) is 6.07 Å². The van der Waals surface area contributed by atoms with Gasteiger partial charge in [0, 0.05) is 6.07 Å². The normalized spacial score (nSPS) is 9.45. The molecule has 0 saturated heterocycles. The van der Waals surface area contributed by atoms with E-state index in [4.69, 9.17) is 5.73 Å². The first-order valence-corrected chi connectivity index (χ1v) is 3.67. The van der Waals surface area contributed by atoms with E-state index in [1.54, 1.807) is 0 Å². The van der Waals surface area contributed by atoms with Crippen molar-refractivity contribution in [2.45, 2.75) is 0 Å². The molecule has 0 bridgehead atoms. The summed E-state index contributed by atoms with van der Waals surface area (Å²) in [5, 5.41) is 0.603. The molecular weight excluding hydrogens is 182 g/mol. The van der Waals surface area contributed by atoms with E-state index in [0.717, 1.165) is 5.65 Å². The Morgan fingerprint density at radius 3 is 3.00 bits per heavy atom. The first-order chi connectivity index (χ1) is 4.86. The highest BCUT2D eigenvalue weighted by molar-refractivity contribution is 7.05. The van der Waals surface area contributed by atoms with E-state index in [-0.39, 0.29) is 12.4 Å². The molecule has 0 aliphatic heterocycles. The molecule has 58 valence electrons. The molecule has 0 atom stereocenters. The molecule has 0 fully saturated rings. The Kier molecular flexibility index (Phi) is 2.26. The second kappa shape index (κ2) is 3.02. The third-order valence-corrected chi connectivity index (χ3v) is 2.00. The number of halogens is 1. The molecule has 0 aliphatic carbocycles. The number of nitrogen functional groups attached to an aromatic ring is 1. The van der Waals surface area contributed by atoms with E-state index in [2.05, 4.69) is 4.98 Å². The monoisotopic (exact) mass is 187 g/mol. The van der Waals surface area contributed by atoms with Crippen LogP contribution in [0.2, 0.25) is 0 Å². The van der Waals surface area contributed by atoms with Gasteiger partial charge in [0.05, 0.1) is 0 Å². The quantitative estimate of drug-likeness (QED) is 0.463. The number of anilines is 1. The molecule has 11 heavy (non-hydrogen) atoms. The Hall–Kier alpha value is -0.870. The van der Waals surface area contributed by atoms with Gasteiger partial charge in [-0.3, -0.25) is 0 Å². The lowest BCUT2D eigenvalue weighted by Crippen LogP contribution is -3.00. The number of hydrogen-bond acceptors (Lipinski definition) is 3. The Bertz CT molecular complexity index is 326. The predicted molar refractivity (Wildman–Crippen MR) is 39.7 cm³/mol. The zero-order chi connectivity index (χ0) is 6.97. The highest BCUT2D eigenvalue weighted by Gasteiger charge is 2.07. The lowest BCUT2D eigenvalue weighted by Gasteiger charge is -1.74. The van der Waals surface area contributed by atoms with Crippen LogP contribution in [0.5, 0.6) is 0 Å². The summed E-state index contributed by atoms with van der Waals surface area (Å²) in [6, 6.07) is 5.81. The second-order valence-electron chi connectivity index (χ2n) is 1.93. The molecule has 2 rings (SSSR count). The maximum atomic E-state index is 5.48. The summed E-state index contributed by atoms with van der Waals surface area (Å²) in [5.41, 5.74) is 6.38. The lowest BCUT2D eigenvalue weighted by atomic mass is 10.5. The van der Waals surface area contributed by atoms with Crippen LogP contribution >= 0.6 is 11.5 Å². The van der Waals surface area contributed by atoms with Gasteiger partial charge in [0.25, 0.3) is 0 Å². The average Bonchev–Trinajstić information content (AvgIpc) is 2.27. The van der Waals surface area contributed by atoms with Crippen LogP contribution in [0.1, 0.15) is 0 Å². The van der Waals surface area contributed by atoms with Crippen LogP contribution in [-0.2, 0) is 0 Å². The summed E-state index contributed by atoms with van der Waals surface area (Å²) < 4.78 is 1.93. The number of aromatic nitrogens is 2. The van der Waals surface area contributed by atoms with Crippen LogP contribution in [0, 0.1) is 0 Å². The summed E-state index contributed by atoms with van der Waals surface area (Å²) in [7, 11) is 0. The molecule has 0 aromatic carbocycles. The van der Waals surface area contributed by atoms with Crippen molar-refractivity contribution in [3.05, 3.63) is 24.4 Å². The third-order valence-electron chi connectivity index (χ3n) is 1.22. The molecule has 0 amide bonds. The van der Waals surface area contributed by atoms with Crippen LogP contribution in [0.4, 0.5) is 5.13 Å². The predicted octanol–water partition coefficient (Wildman–Crippen LogP) is -2.53. The highest BCUT2D eigenvalue weighted by atomic mass is 35.5. The fourth-order valence-electron chi connectivity index (χ4n) is 0.817. The van der Waals surface area contributed by atoms with Gasteiger partial charge < -0.3 is 18.1 Å². The van der Waals surface area contributed by atoms with Crippen LogP contribution in [0.15, 0.2) is 24.4 Å². The zero-order valence-electron chi connectivity index (χ0n) is 5.57. The molecule has 0 spiro atoms. The van der Waals surface area contributed by atoms with Crippen LogP contribution in [-0.4, -0.2) is 4.98 Å². The zero-order valence-corrected chi connectivity index (χ0v) is 7.14. The number of fused-ring (bicyclic) bond motifs is 1. The summed E-state index contributed by atoms with van der Waals surface area (Å²) in [6.45, 7) is 0. The smallest absolute Gasteiger partial charge is 0.342 e. The molecule has 2 N–H and O–H groups in total. The molecule has 0 unspecified atom stereocenters. The number of nitrogens with two attached hydrogens (primary N) is 1. The minimum atomic E-state index is 0. The van der Waals surface area contributed by atoms with Gasteiger partial charge in [0.2, 0.25) is 0 Å². The molecule has 0 aliphatic rings. The minimum absolute atomic E-state index is 0. The largest absolute Gasteiger partial charge is 1.00 e. The van der Waals surface area contributed by atoms with E-state index in [1.165, 1.54) is 11.5 Å². The molecule has 0 radical (unpaired) electrons. The third kappa shape index (κ3) is 1.41. The fourth-order valence-corrected chi connectivity index (χ4v) is 1.48. The SMILES string of the molecule is Nc1nc2cccc[n+]2s1.[Cl-]. The molecule has 5 heteroatoms. The topological polar surface area (TPSA) is 43.0 Å². The van der Waals surface area contributed by atoms with Crippen LogP contribution in [0.25, 0.3) is 5.65 Å². The molecular formula is C6H6ClN3S. The standard InChI is InChI=1S/C6H5N3S.ClH/c7-6-8-5-3-1-2-4-9(5)10-6;/h1-4,7H;1H. The molecule has 2 aromatic heterocycles. The van der Waals surface area contributed by atoms with Crippen molar-refractivity contribution in [3.8, 4) is 0 Å². The lowest BCUT2D eigenvalue weighted by molar-refractivity contribution is -0.433. The summed E-state index contributed by atoms with van der Waals surface area (Å²) in [4.78, 5) is 4.07. The van der Waals surface area contributed by atoms with Gasteiger partial charge in [0.15, 0.2) is 0 Å². The molecule has 2 aromatic rings. The van der Waals surface area contributed by atoms with Crippen molar-refractivity contribution >= 4 is 22.3 Å². The Morgan fingerprint density at radius 1 is 1.45 bits per heavy atom. The Balaban J connectivity index is 0.000000605. The van der Waals surface area contributed by atoms with Gasteiger partial charge in [-0.15, -0.1) is 3.79 Å². The Labute approximate surface area is 74.1 Å². The average molecular weight is 188 g/mol. The van der Waals surface area contributed by atoms with E-state index in [1.807, 2.05) is 28.2 Å². The van der Waals surface area contributed by atoms with Gasteiger partial charge in [-0.25, -0.2) is 0 Å². The van der Waals surface area contributed by atoms with Gasteiger partial charge >= 0.3 is 10.8 Å². The van der Waals surface area contributed by atoms with Crippen LogP contribution in [0.3, 0.4) is 0 Å². The van der Waals surface area contributed by atoms with Gasteiger partial charge in [-0.05, 0) is 11.1 Å². The van der Waals surface area contributed by atoms with Crippen molar-refractivity contribution in [1.29, 1.82) is 0 Å². The van der Waals surface area contributed by atoms with Crippen molar-refractivity contribution in [1.82, 2.24) is 4.98 Å². The van der Waals surface area contributed by atoms with Gasteiger partial charge in [-0.2, -0.15) is 0 Å². The number of hydrogen-bond donors (Lipinski definition) is 1. The molecule has 3 nitrogen and oxygen atoms in total. The number of pyridine rings is 1. The van der Waals surface area contributed by atoms with Crippen molar-refractivity contribution in [3.63, 3.8) is 0 Å². The van der Waals surface area contributed by atoms with E-state index in [9.17, 15) is 0 Å². The second-order valence-corrected chi connectivity index (χ2v) is 2.92. The minimum Gasteiger partial charge on any atom is -1.00 e. The van der Waals surface area contributed by atoms with Crippen molar-refractivity contribution in [2.75, 3.05) is 5.73 Å². The molecule has 0 saturated carbocycles. The first kappa shape index (κ1) is 8.23. The van der Waals surface area contributed by atoms with Crippen molar-refractivity contribution < 1.29 is 16.2 Å². The maximum Gasteiger partial charge on any atom is 0.342 e. The number of nitrogens with zero attached hydrogens (tertiary/aromatic N) is 2. The van der Waals surface area contributed by atoms with Gasteiger partial charge in [0.1, 0.15) is 17.7 Å². The summed E-state index contributed by atoms with van der Waals surface area (Å²) >= 11 is 1.44. The van der Waals surface area contributed by atoms with E-state index >= 15 is 0 Å². The maximum absolute atomic E-state index is 5.48. The summed E-state index contributed by atoms with van der Waals surface area (Å²) in [6.07, 6.45) is 1.93. The Morgan fingerprint density at radius 2 is 2.27 bits per heavy atom. The molecule has 2 heterocycles. The highest BCUT2D eigenvalue weighted by Crippen LogP contribution is 2.03. The van der Waals surface area contributed by atoms with Crippen LogP contribution < -0.4 is 21.9 Å². The number of rotatable bonds is 0. The summed E-state index contributed by atoms with van der Waals surface area (Å²) in [5.74, 6) is 0. The van der Waals surface area contributed by atoms with E-state index < -0.39 is 0 Å².